The molecule has 0 aliphatic carbocycles. The van der Waals surface area contributed by atoms with Gasteiger partial charge in [-0.05, 0) is 30.3 Å². The Kier molecular flexibility index (Phi) is 3.91. The molecule has 0 aliphatic rings. The number of nitrogens with one attached hydrogen (secondary N) is 1. The predicted molar refractivity (Wildman–Crippen MR) is 75.2 cm³/mol. The number of amides is 1. The molecule has 0 bridgehead atoms. The zero-order valence-corrected chi connectivity index (χ0v) is 11.3. The van der Waals surface area contributed by atoms with Gasteiger partial charge in [0.1, 0.15) is 0 Å². The highest BCUT2D eigenvalue weighted by atomic mass is 79.9. The van der Waals surface area contributed by atoms with Crippen LogP contribution in [0.15, 0.2) is 53.0 Å². The Balaban J connectivity index is 2.17. The van der Waals surface area contributed by atoms with Crippen LogP contribution in [0.2, 0.25) is 0 Å². The quantitative estimate of drug-likeness (QED) is 0.693. The average Bonchev–Trinajstić information content (AvgIpc) is 2.39. The van der Waals surface area contributed by atoms with E-state index in [9.17, 15) is 14.9 Å². The maximum Gasteiger partial charge on any atom is 0.271 e. The number of anilines is 1. The number of hydrogen-bond donors (Lipinski definition) is 1. The fraction of sp³-hybridized carbons (Fsp3) is 0. The van der Waals surface area contributed by atoms with Crippen LogP contribution in [0.25, 0.3) is 0 Å². The van der Waals surface area contributed by atoms with Gasteiger partial charge in [-0.3, -0.25) is 14.9 Å². The van der Waals surface area contributed by atoms with Gasteiger partial charge in [-0.2, -0.15) is 0 Å². The maximum absolute atomic E-state index is 11.9. The number of nitro benzene ring substituents is 1. The molecule has 0 saturated heterocycles. The molecule has 0 saturated carbocycles. The highest BCUT2D eigenvalue weighted by Gasteiger charge is 2.09. The van der Waals surface area contributed by atoms with Crippen molar-refractivity contribution in [3.63, 3.8) is 0 Å². The van der Waals surface area contributed by atoms with Crippen molar-refractivity contribution in [3.8, 4) is 0 Å². The summed E-state index contributed by atoms with van der Waals surface area (Å²) in [5, 5.41) is 13.2. The van der Waals surface area contributed by atoms with Gasteiger partial charge in [-0.1, -0.05) is 22.0 Å². The molecule has 0 spiro atoms. The molecular formula is C13H9BrN2O3. The third kappa shape index (κ3) is 3.38. The minimum Gasteiger partial charge on any atom is -0.322 e. The van der Waals surface area contributed by atoms with E-state index in [0.717, 1.165) is 4.47 Å². The van der Waals surface area contributed by atoms with Crippen LogP contribution in [0.1, 0.15) is 10.4 Å². The molecule has 0 fully saturated rings. The molecular weight excluding hydrogens is 312 g/mol. The van der Waals surface area contributed by atoms with Crippen molar-refractivity contribution in [3.05, 3.63) is 68.7 Å². The lowest BCUT2D eigenvalue weighted by Crippen LogP contribution is -2.11. The second-order valence-corrected chi connectivity index (χ2v) is 4.68. The predicted octanol–water partition coefficient (Wildman–Crippen LogP) is 3.61. The van der Waals surface area contributed by atoms with Gasteiger partial charge in [0.25, 0.3) is 11.6 Å². The van der Waals surface area contributed by atoms with Crippen LogP contribution in [0, 0.1) is 10.1 Å². The molecule has 6 heteroatoms. The van der Waals surface area contributed by atoms with Gasteiger partial charge in [-0.25, -0.2) is 0 Å². The Morgan fingerprint density at radius 2 is 1.84 bits per heavy atom. The van der Waals surface area contributed by atoms with Crippen LogP contribution in [-0.2, 0) is 0 Å². The lowest BCUT2D eigenvalue weighted by atomic mass is 10.2. The summed E-state index contributed by atoms with van der Waals surface area (Å²) in [6, 6.07) is 12.6. The van der Waals surface area contributed by atoms with Crippen molar-refractivity contribution >= 4 is 33.2 Å². The molecule has 0 aromatic heterocycles. The van der Waals surface area contributed by atoms with Crippen molar-refractivity contribution in [2.45, 2.75) is 0 Å². The van der Waals surface area contributed by atoms with E-state index in [1.54, 1.807) is 30.3 Å². The molecule has 1 N–H and O–H groups in total. The number of nitrogens with zero attached hydrogens (tertiary/aromatic N) is 1. The van der Waals surface area contributed by atoms with E-state index in [1.807, 2.05) is 0 Å². The second-order valence-electron chi connectivity index (χ2n) is 3.77. The van der Waals surface area contributed by atoms with Crippen LogP contribution < -0.4 is 5.32 Å². The molecule has 2 aromatic carbocycles. The van der Waals surface area contributed by atoms with Gasteiger partial charge in [0.05, 0.1) is 4.92 Å². The third-order valence-electron chi connectivity index (χ3n) is 2.42. The van der Waals surface area contributed by atoms with Gasteiger partial charge in [0, 0.05) is 27.9 Å². The zero-order chi connectivity index (χ0) is 13.8. The highest BCUT2D eigenvalue weighted by molar-refractivity contribution is 9.10. The maximum atomic E-state index is 11.9. The molecule has 0 unspecified atom stereocenters. The Morgan fingerprint density at radius 1 is 1.16 bits per heavy atom. The van der Waals surface area contributed by atoms with E-state index in [4.69, 9.17) is 0 Å². The topological polar surface area (TPSA) is 72.2 Å². The molecule has 0 radical (unpaired) electrons. The number of non-ortho nitro benzene ring substituents is 1. The largest absolute Gasteiger partial charge is 0.322 e. The van der Waals surface area contributed by atoms with Gasteiger partial charge < -0.3 is 5.32 Å². The third-order valence-corrected chi connectivity index (χ3v) is 2.95. The minimum absolute atomic E-state index is 0.0615. The fourth-order valence-electron chi connectivity index (χ4n) is 1.50. The minimum atomic E-state index is -0.505. The monoisotopic (exact) mass is 320 g/mol. The van der Waals surface area contributed by atoms with Crippen LogP contribution >= 0.6 is 15.9 Å². The summed E-state index contributed by atoms with van der Waals surface area (Å²) in [6.07, 6.45) is 0. The van der Waals surface area contributed by atoms with Crippen LogP contribution in [0.5, 0.6) is 0 Å². The second kappa shape index (κ2) is 5.62. The number of carbonyl (C=O) groups excluding carboxylic acids is 1. The molecule has 0 atom stereocenters. The van der Waals surface area contributed by atoms with E-state index in [0.29, 0.717) is 11.3 Å². The zero-order valence-electron chi connectivity index (χ0n) is 9.67. The number of carbonyl (C=O) groups is 1. The summed E-state index contributed by atoms with van der Waals surface area (Å²) >= 11 is 3.28. The van der Waals surface area contributed by atoms with E-state index in [-0.39, 0.29) is 11.6 Å². The Hall–Kier alpha value is -2.21. The molecule has 2 rings (SSSR count). The fourth-order valence-corrected chi connectivity index (χ4v) is 1.77. The van der Waals surface area contributed by atoms with E-state index in [2.05, 4.69) is 21.2 Å². The van der Waals surface area contributed by atoms with Gasteiger partial charge >= 0.3 is 0 Å². The summed E-state index contributed by atoms with van der Waals surface area (Å²) in [4.78, 5) is 22.0. The number of hydrogen-bond acceptors (Lipinski definition) is 3. The van der Waals surface area contributed by atoms with E-state index >= 15 is 0 Å². The summed E-state index contributed by atoms with van der Waals surface area (Å²) in [5.41, 5.74) is 0.811. The van der Waals surface area contributed by atoms with E-state index < -0.39 is 4.92 Å². The normalized spacial score (nSPS) is 9.95. The molecule has 96 valence electrons. The average molecular weight is 321 g/mol. The Labute approximate surface area is 117 Å². The van der Waals surface area contributed by atoms with Crippen molar-refractivity contribution in [1.29, 1.82) is 0 Å². The first-order valence-corrected chi connectivity index (χ1v) is 6.17. The summed E-state index contributed by atoms with van der Waals surface area (Å²) in [5.74, 6) is -0.312. The molecule has 19 heavy (non-hydrogen) atoms. The Morgan fingerprint density at radius 3 is 2.47 bits per heavy atom. The summed E-state index contributed by atoms with van der Waals surface area (Å²) < 4.78 is 0.874. The molecule has 0 heterocycles. The smallest absolute Gasteiger partial charge is 0.271 e. The first kappa shape index (κ1) is 13.2. The summed E-state index contributed by atoms with van der Waals surface area (Å²) in [6.45, 7) is 0. The summed E-state index contributed by atoms with van der Waals surface area (Å²) in [7, 11) is 0. The molecule has 0 aliphatic heterocycles. The number of benzene rings is 2. The highest BCUT2D eigenvalue weighted by Crippen LogP contribution is 2.18. The van der Waals surface area contributed by atoms with Gasteiger partial charge in [0.2, 0.25) is 0 Å². The van der Waals surface area contributed by atoms with Gasteiger partial charge in [-0.15, -0.1) is 0 Å². The first-order chi connectivity index (χ1) is 9.06. The standard InChI is InChI=1S/C13H9BrN2O3/c14-10-6-4-9(5-7-10)13(17)15-11-2-1-3-12(8-11)16(18)19/h1-8H,(H,15,17). The number of halogens is 1. The number of rotatable bonds is 3. The van der Waals surface area contributed by atoms with Gasteiger partial charge in [0.15, 0.2) is 0 Å². The van der Waals surface area contributed by atoms with Crippen LogP contribution in [-0.4, -0.2) is 10.8 Å². The Bertz CT molecular complexity index is 626. The van der Waals surface area contributed by atoms with Crippen molar-refractivity contribution in [2.24, 2.45) is 0 Å². The van der Waals surface area contributed by atoms with Crippen molar-refractivity contribution < 1.29 is 9.72 Å². The molecule has 2 aromatic rings. The lowest BCUT2D eigenvalue weighted by Gasteiger charge is -2.05. The van der Waals surface area contributed by atoms with Crippen LogP contribution in [0.3, 0.4) is 0 Å². The molecule has 5 nitrogen and oxygen atoms in total. The van der Waals surface area contributed by atoms with E-state index in [1.165, 1.54) is 18.2 Å². The van der Waals surface area contributed by atoms with Crippen LogP contribution in [0.4, 0.5) is 11.4 Å². The van der Waals surface area contributed by atoms with Crippen molar-refractivity contribution in [2.75, 3.05) is 5.32 Å². The molecule has 1 amide bonds. The van der Waals surface area contributed by atoms with Crippen molar-refractivity contribution in [1.82, 2.24) is 0 Å². The SMILES string of the molecule is O=C(Nc1cccc([N+](=O)[O-])c1)c1ccc(Br)cc1. The number of nitro groups is 1. The first-order valence-electron chi connectivity index (χ1n) is 5.37. The lowest BCUT2D eigenvalue weighted by molar-refractivity contribution is -0.384.